The van der Waals surface area contributed by atoms with E-state index >= 15 is 0 Å². The maximum atomic E-state index is 5.94. The Morgan fingerprint density at radius 1 is 1.16 bits per heavy atom. The highest BCUT2D eigenvalue weighted by Crippen LogP contribution is 2.38. The smallest absolute Gasteiger partial charge is 0.0417 e. The average molecular weight is 269 g/mol. The summed E-state index contributed by atoms with van der Waals surface area (Å²) in [4.78, 5) is 2.53. The van der Waals surface area contributed by atoms with Gasteiger partial charge < -0.3 is 0 Å². The second-order valence-electron chi connectivity index (χ2n) is 7.00. The third-order valence-corrected chi connectivity index (χ3v) is 5.63. The molecular formula is C16H35N3. The summed E-state index contributed by atoms with van der Waals surface area (Å²) in [6.45, 7) is 16.1. The Morgan fingerprint density at radius 2 is 1.74 bits per heavy atom. The highest BCUT2D eigenvalue weighted by molar-refractivity contribution is 4.97. The predicted molar refractivity (Wildman–Crippen MR) is 83.8 cm³/mol. The molecule has 0 aliphatic heterocycles. The first kappa shape index (κ1) is 16.9. The molecule has 0 spiro atoms. The van der Waals surface area contributed by atoms with Crippen molar-refractivity contribution in [3.63, 3.8) is 0 Å². The molecule has 3 nitrogen and oxygen atoms in total. The van der Waals surface area contributed by atoms with Crippen molar-refractivity contribution in [1.82, 2.24) is 10.3 Å². The van der Waals surface area contributed by atoms with Crippen molar-refractivity contribution in [1.29, 1.82) is 0 Å². The molecule has 0 aromatic rings. The van der Waals surface area contributed by atoms with Crippen LogP contribution in [0.25, 0.3) is 0 Å². The van der Waals surface area contributed by atoms with E-state index in [9.17, 15) is 0 Å². The van der Waals surface area contributed by atoms with Gasteiger partial charge in [0.25, 0.3) is 0 Å². The van der Waals surface area contributed by atoms with E-state index in [0.717, 1.165) is 24.9 Å². The molecule has 0 heterocycles. The van der Waals surface area contributed by atoms with Gasteiger partial charge in [-0.1, -0.05) is 34.1 Å². The van der Waals surface area contributed by atoms with Gasteiger partial charge >= 0.3 is 0 Å². The summed E-state index contributed by atoms with van der Waals surface area (Å²) in [6.07, 6.45) is 3.96. The van der Waals surface area contributed by atoms with Crippen LogP contribution in [0.15, 0.2) is 0 Å². The number of nitrogens with zero attached hydrogens (tertiary/aromatic N) is 1. The lowest BCUT2D eigenvalue weighted by molar-refractivity contribution is 0.0407. The third kappa shape index (κ3) is 3.71. The zero-order valence-corrected chi connectivity index (χ0v) is 13.9. The van der Waals surface area contributed by atoms with Gasteiger partial charge in [-0.05, 0) is 57.5 Å². The fourth-order valence-corrected chi connectivity index (χ4v) is 4.04. The number of hydrogen-bond donors (Lipinski definition) is 2. The van der Waals surface area contributed by atoms with Crippen molar-refractivity contribution >= 4 is 0 Å². The SMILES string of the molecule is CCN(CC)C(C)(C)C(NN)C1CCC(C)C(C)C1. The van der Waals surface area contributed by atoms with E-state index in [1.54, 1.807) is 0 Å². The van der Waals surface area contributed by atoms with Gasteiger partial charge in [-0.25, -0.2) is 0 Å². The van der Waals surface area contributed by atoms with Crippen molar-refractivity contribution in [2.75, 3.05) is 13.1 Å². The molecule has 19 heavy (non-hydrogen) atoms. The van der Waals surface area contributed by atoms with Crippen molar-refractivity contribution in [2.45, 2.75) is 72.4 Å². The number of nitrogens with one attached hydrogen (secondary N) is 1. The van der Waals surface area contributed by atoms with Crippen molar-refractivity contribution in [2.24, 2.45) is 23.6 Å². The van der Waals surface area contributed by atoms with Crippen LogP contribution >= 0.6 is 0 Å². The molecule has 1 fully saturated rings. The molecule has 0 radical (unpaired) electrons. The molecule has 1 rings (SSSR count). The lowest BCUT2D eigenvalue weighted by atomic mass is 9.69. The van der Waals surface area contributed by atoms with Gasteiger partial charge in [0.2, 0.25) is 0 Å². The van der Waals surface area contributed by atoms with Crippen LogP contribution in [0.3, 0.4) is 0 Å². The minimum Gasteiger partial charge on any atom is -0.297 e. The number of likely N-dealkylation sites (N-methyl/N-ethyl adjacent to an activating group) is 1. The van der Waals surface area contributed by atoms with Gasteiger partial charge in [0, 0.05) is 11.6 Å². The van der Waals surface area contributed by atoms with Gasteiger partial charge in [-0.2, -0.15) is 0 Å². The fourth-order valence-electron chi connectivity index (χ4n) is 4.04. The van der Waals surface area contributed by atoms with E-state index in [1.165, 1.54) is 19.3 Å². The molecule has 1 aliphatic rings. The van der Waals surface area contributed by atoms with Gasteiger partial charge in [0.1, 0.15) is 0 Å². The van der Waals surface area contributed by atoms with Crippen LogP contribution < -0.4 is 11.3 Å². The molecule has 4 unspecified atom stereocenters. The Balaban J connectivity index is 2.81. The summed E-state index contributed by atoms with van der Waals surface area (Å²) in [7, 11) is 0. The minimum absolute atomic E-state index is 0.114. The molecule has 0 saturated heterocycles. The Hall–Kier alpha value is -0.120. The largest absolute Gasteiger partial charge is 0.297 e. The molecule has 0 amide bonds. The first-order chi connectivity index (χ1) is 8.88. The predicted octanol–water partition coefficient (Wildman–Crippen LogP) is 3.01. The van der Waals surface area contributed by atoms with Crippen LogP contribution in [-0.4, -0.2) is 29.6 Å². The van der Waals surface area contributed by atoms with Gasteiger partial charge in [0.15, 0.2) is 0 Å². The first-order valence-corrected chi connectivity index (χ1v) is 8.09. The van der Waals surface area contributed by atoms with Crippen molar-refractivity contribution in [3.8, 4) is 0 Å². The Kier molecular flexibility index (Phi) is 6.28. The van der Waals surface area contributed by atoms with Gasteiger partial charge in [-0.3, -0.25) is 16.2 Å². The highest BCUT2D eigenvalue weighted by atomic mass is 15.3. The summed E-state index contributed by atoms with van der Waals surface area (Å²) < 4.78 is 0. The maximum absolute atomic E-state index is 5.94. The van der Waals surface area contributed by atoms with E-state index in [2.05, 4.69) is 51.9 Å². The molecule has 4 atom stereocenters. The molecular weight excluding hydrogens is 234 g/mol. The van der Waals surface area contributed by atoms with Crippen molar-refractivity contribution in [3.05, 3.63) is 0 Å². The number of nitrogens with two attached hydrogens (primary N) is 1. The number of hydrazine groups is 1. The first-order valence-electron chi connectivity index (χ1n) is 8.09. The second-order valence-corrected chi connectivity index (χ2v) is 7.00. The van der Waals surface area contributed by atoms with E-state index in [1.807, 2.05) is 0 Å². The van der Waals surface area contributed by atoms with Crippen LogP contribution in [0, 0.1) is 17.8 Å². The topological polar surface area (TPSA) is 41.3 Å². The van der Waals surface area contributed by atoms with E-state index in [0.29, 0.717) is 12.0 Å². The highest BCUT2D eigenvalue weighted by Gasteiger charge is 2.40. The zero-order chi connectivity index (χ0) is 14.6. The minimum atomic E-state index is 0.114. The fraction of sp³-hybridized carbons (Fsp3) is 1.00. The maximum Gasteiger partial charge on any atom is 0.0417 e. The van der Waals surface area contributed by atoms with E-state index in [4.69, 9.17) is 5.84 Å². The lowest BCUT2D eigenvalue weighted by Gasteiger charge is -2.48. The Labute approximate surface area is 120 Å². The van der Waals surface area contributed by atoms with Crippen molar-refractivity contribution < 1.29 is 0 Å². The molecule has 1 aliphatic carbocycles. The zero-order valence-electron chi connectivity index (χ0n) is 13.9. The quantitative estimate of drug-likeness (QED) is 0.575. The van der Waals surface area contributed by atoms with Crippen LogP contribution in [0.1, 0.15) is 60.8 Å². The summed E-state index contributed by atoms with van der Waals surface area (Å²) in [5.41, 5.74) is 3.27. The third-order valence-electron chi connectivity index (χ3n) is 5.63. The molecule has 1 saturated carbocycles. The Morgan fingerprint density at radius 3 is 2.16 bits per heavy atom. The van der Waals surface area contributed by atoms with Crippen LogP contribution in [0.2, 0.25) is 0 Å². The summed E-state index contributed by atoms with van der Waals surface area (Å²) >= 11 is 0. The molecule has 114 valence electrons. The number of hydrogen-bond acceptors (Lipinski definition) is 3. The Bertz CT molecular complexity index is 261. The molecule has 0 aromatic heterocycles. The summed E-state index contributed by atoms with van der Waals surface area (Å²) in [5.74, 6) is 8.33. The molecule has 0 bridgehead atoms. The van der Waals surface area contributed by atoms with E-state index in [-0.39, 0.29) is 5.54 Å². The standard InChI is InChI=1S/C16H35N3/c1-7-19(8-2)16(5,6)15(18-17)14-10-9-12(3)13(4)11-14/h12-15,18H,7-11,17H2,1-6H3. The van der Waals surface area contributed by atoms with Crippen LogP contribution in [-0.2, 0) is 0 Å². The second kappa shape index (κ2) is 7.05. The van der Waals surface area contributed by atoms with Crippen LogP contribution in [0.5, 0.6) is 0 Å². The van der Waals surface area contributed by atoms with Gasteiger partial charge in [0.05, 0.1) is 0 Å². The summed E-state index contributed by atoms with van der Waals surface area (Å²) in [5, 5.41) is 0. The molecule has 3 heteroatoms. The van der Waals surface area contributed by atoms with Crippen LogP contribution in [0.4, 0.5) is 0 Å². The summed E-state index contributed by atoms with van der Waals surface area (Å²) in [6, 6.07) is 0.377. The monoisotopic (exact) mass is 269 g/mol. The number of rotatable bonds is 6. The lowest BCUT2D eigenvalue weighted by Crippen LogP contribution is -2.62. The molecule has 0 aromatic carbocycles. The normalized spacial score (nSPS) is 30.6. The average Bonchev–Trinajstić information content (AvgIpc) is 2.35. The molecule has 3 N–H and O–H groups in total. The van der Waals surface area contributed by atoms with Gasteiger partial charge in [-0.15, -0.1) is 0 Å². The van der Waals surface area contributed by atoms with E-state index < -0.39 is 0 Å².